The number of carboxylic acids is 1. The zero-order valence-electron chi connectivity index (χ0n) is 10.7. The van der Waals surface area contributed by atoms with Crippen molar-refractivity contribution in [2.24, 2.45) is 0 Å². The summed E-state index contributed by atoms with van der Waals surface area (Å²) in [7, 11) is 0. The number of rotatable bonds is 3. The van der Waals surface area contributed by atoms with Crippen LogP contribution >= 0.6 is 0 Å². The van der Waals surface area contributed by atoms with Crippen LogP contribution in [0.2, 0.25) is 0 Å². The first-order valence-electron chi connectivity index (χ1n) is 5.91. The number of carboxylic acid groups (broad SMARTS) is 1. The summed E-state index contributed by atoms with van der Waals surface area (Å²) in [4.78, 5) is 11.1. The van der Waals surface area contributed by atoms with Crippen molar-refractivity contribution in [3.63, 3.8) is 0 Å². The van der Waals surface area contributed by atoms with E-state index in [4.69, 9.17) is 9.84 Å². The third kappa shape index (κ3) is 2.45. The van der Waals surface area contributed by atoms with Crippen molar-refractivity contribution >= 4 is 16.7 Å². The Morgan fingerprint density at radius 2 is 1.94 bits per heavy atom. The third-order valence-corrected chi connectivity index (χ3v) is 2.68. The van der Waals surface area contributed by atoms with Gasteiger partial charge >= 0.3 is 5.97 Å². The number of aryl methyl sites for hydroxylation is 1. The van der Waals surface area contributed by atoms with E-state index in [1.165, 1.54) is 0 Å². The van der Waals surface area contributed by atoms with Gasteiger partial charge in [-0.1, -0.05) is 17.7 Å². The number of hydrogen-bond acceptors (Lipinski definition) is 2. The van der Waals surface area contributed by atoms with E-state index in [0.29, 0.717) is 5.75 Å². The molecule has 0 unspecified atom stereocenters. The maximum absolute atomic E-state index is 11.1. The number of fused-ring (bicyclic) bond motifs is 1. The Morgan fingerprint density at radius 3 is 2.56 bits per heavy atom. The molecule has 0 saturated carbocycles. The van der Waals surface area contributed by atoms with Crippen molar-refractivity contribution in [2.75, 3.05) is 0 Å². The predicted octanol–water partition coefficient (Wildman–Crippen LogP) is 3.63. The molecule has 94 valence electrons. The van der Waals surface area contributed by atoms with Gasteiger partial charge in [-0.15, -0.1) is 0 Å². The molecule has 0 aliphatic heterocycles. The molecule has 0 bridgehead atoms. The van der Waals surface area contributed by atoms with Crippen LogP contribution in [-0.2, 0) is 0 Å². The summed E-state index contributed by atoms with van der Waals surface area (Å²) in [5, 5.41) is 10.9. The fourth-order valence-electron chi connectivity index (χ4n) is 1.91. The molecule has 0 aliphatic carbocycles. The van der Waals surface area contributed by atoms with Gasteiger partial charge in [0.1, 0.15) is 5.75 Å². The van der Waals surface area contributed by atoms with E-state index in [1.807, 2.05) is 39.0 Å². The molecule has 3 nitrogen and oxygen atoms in total. The molecule has 2 rings (SSSR count). The van der Waals surface area contributed by atoms with Crippen molar-refractivity contribution in [3.05, 3.63) is 41.5 Å². The van der Waals surface area contributed by atoms with Gasteiger partial charge in [0.2, 0.25) is 0 Å². The highest BCUT2D eigenvalue weighted by molar-refractivity contribution is 5.97. The molecule has 2 aromatic rings. The van der Waals surface area contributed by atoms with Crippen LogP contribution in [0.4, 0.5) is 0 Å². The summed E-state index contributed by atoms with van der Waals surface area (Å²) in [6.07, 6.45) is 0.0118. The fourth-order valence-corrected chi connectivity index (χ4v) is 1.91. The lowest BCUT2D eigenvalue weighted by molar-refractivity contribution is 0.0696. The topological polar surface area (TPSA) is 46.5 Å². The Bertz CT molecular complexity index is 600. The molecule has 0 aromatic heterocycles. The van der Waals surface area contributed by atoms with E-state index in [9.17, 15) is 4.79 Å². The van der Waals surface area contributed by atoms with Crippen molar-refractivity contribution < 1.29 is 14.6 Å². The summed E-state index contributed by atoms with van der Waals surface area (Å²) < 4.78 is 5.71. The highest BCUT2D eigenvalue weighted by atomic mass is 16.5. The molecule has 18 heavy (non-hydrogen) atoms. The molecule has 0 amide bonds. The summed E-state index contributed by atoms with van der Waals surface area (Å²) in [5.74, 6) is -0.310. The Morgan fingerprint density at radius 1 is 1.22 bits per heavy atom. The van der Waals surface area contributed by atoms with Gasteiger partial charge in [-0.25, -0.2) is 4.79 Å². The molecule has 3 heteroatoms. The molecular weight excluding hydrogens is 228 g/mol. The smallest absolute Gasteiger partial charge is 0.335 e. The highest BCUT2D eigenvalue weighted by Gasteiger charge is 2.11. The number of carbonyl (C=O) groups is 1. The average molecular weight is 244 g/mol. The SMILES string of the molecule is Cc1ccc2cc(C(=O)O)cc(OC(C)C)c2c1. The maximum Gasteiger partial charge on any atom is 0.335 e. The standard InChI is InChI=1S/C15H16O3/c1-9(2)18-14-8-12(15(16)17)7-11-5-4-10(3)6-13(11)14/h4-9H,1-3H3,(H,16,17). The molecule has 0 heterocycles. The second kappa shape index (κ2) is 4.69. The molecule has 1 N–H and O–H groups in total. The highest BCUT2D eigenvalue weighted by Crippen LogP contribution is 2.29. The second-order valence-electron chi connectivity index (χ2n) is 4.67. The Labute approximate surface area is 106 Å². The molecular formula is C15H16O3. The van der Waals surface area contributed by atoms with Crippen LogP contribution in [0, 0.1) is 6.92 Å². The maximum atomic E-state index is 11.1. The normalized spacial score (nSPS) is 10.9. The minimum Gasteiger partial charge on any atom is -0.490 e. The lowest BCUT2D eigenvalue weighted by atomic mass is 10.0. The van der Waals surface area contributed by atoms with Crippen LogP contribution in [0.3, 0.4) is 0 Å². The molecule has 2 aromatic carbocycles. The molecule has 0 saturated heterocycles. The Balaban J connectivity index is 2.68. The zero-order chi connectivity index (χ0) is 13.3. The lowest BCUT2D eigenvalue weighted by Gasteiger charge is -2.14. The van der Waals surface area contributed by atoms with Gasteiger partial charge in [0.25, 0.3) is 0 Å². The fraction of sp³-hybridized carbons (Fsp3) is 0.267. The Kier molecular flexibility index (Phi) is 3.24. The zero-order valence-corrected chi connectivity index (χ0v) is 10.7. The van der Waals surface area contributed by atoms with Crippen LogP contribution < -0.4 is 4.74 Å². The minimum atomic E-state index is -0.939. The van der Waals surface area contributed by atoms with E-state index < -0.39 is 5.97 Å². The Hall–Kier alpha value is -2.03. The van der Waals surface area contributed by atoms with Crippen LogP contribution in [-0.4, -0.2) is 17.2 Å². The number of benzene rings is 2. The summed E-state index contributed by atoms with van der Waals surface area (Å²) in [6, 6.07) is 9.16. The summed E-state index contributed by atoms with van der Waals surface area (Å²) >= 11 is 0. The lowest BCUT2D eigenvalue weighted by Crippen LogP contribution is -2.07. The van der Waals surface area contributed by atoms with Gasteiger partial charge in [0, 0.05) is 5.39 Å². The predicted molar refractivity (Wildman–Crippen MR) is 71.4 cm³/mol. The van der Waals surface area contributed by atoms with Crippen LogP contribution in [0.5, 0.6) is 5.75 Å². The van der Waals surface area contributed by atoms with E-state index in [2.05, 4.69) is 0 Å². The van der Waals surface area contributed by atoms with Gasteiger partial charge in [0.05, 0.1) is 11.7 Å². The molecule has 0 radical (unpaired) electrons. The van der Waals surface area contributed by atoms with E-state index in [-0.39, 0.29) is 11.7 Å². The minimum absolute atomic E-state index is 0.0118. The van der Waals surface area contributed by atoms with Gasteiger partial charge in [-0.2, -0.15) is 0 Å². The molecule has 0 aliphatic rings. The van der Waals surface area contributed by atoms with Crippen molar-refractivity contribution in [3.8, 4) is 5.75 Å². The molecule has 0 atom stereocenters. The van der Waals surface area contributed by atoms with Crippen LogP contribution in [0.25, 0.3) is 10.8 Å². The quantitative estimate of drug-likeness (QED) is 0.896. The summed E-state index contributed by atoms with van der Waals surface area (Å²) in [5.41, 5.74) is 1.38. The van der Waals surface area contributed by atoms with Gasteiger partial charge in [0.15, 0.2) is 0 Å². The first-order chi connectivity index (χ1) is 8.47. The van der Waals surface area contributed by atoms with Crippen molar-refractivity contribution in [1.29, 1.82) is 0 Å². The largest absolute Gasteiger partial charge is 0.490 e. The van der Waals surface area contributed by atoms with Crippen LogP contribution in [0.1, 0.15) is 29.8 Å². The second-order valence-corrected chi connectivity index (χ2v) is 4.67. The number of hydrogen-bond donors (Lipinski definition) is 1. The van der Waals surface area contributed by atoms with Gasteiger partial charge in [-0.05, 0) is 44.4 Å². The van der Waals surface area contributed by atoms with Gasteiger partial charge < -0.3 is 9.84 Å². The average Bonchev–Trinajstić information content (AvgIpc) is 2.28. The third-order valence-electron chi connectivity index (χ3n) is 2.68. The monoisotopic (exact) mass is 244 g/mol. The molecule has 0 spiro atoms. The van der Waals surface area contributed by atoms with Gasteiger partial charge in [-0.3, -0.25) is 0 Å². The van der Waals surface area contributed by atoms with Crippen molar-refractivity contribution in [1.82, 2.24) is 0 Å². The van der Waals surface area contributed by atoms with E-state index in [0.717, 1.165) is 16.3 Å². The molecule has 0 fully saturated rings. The number of ether oxygens (including phenoxy) is 1. The number of aromatic carboxylic acids is 1. The first kappa shape index (κ1) is 12.4. The summed E-state index contributed by atoms with van der Waals surface area (Å²) in [6.45, 7) is 5.86. The first-order valence-corrected chi connectivity index (χ1v) is 5.91. The van der Waals surface area contributed by atoms with Crippen LogP contribution in [0.15, 0.2) is 30.3 Å². The van der Waals surface area contributed by atoms with Crippen molar-refractivity contribution in [2.45, 2.75) is 26.9 Å². The van der Waals surface area contributed by atoms with E-state index in [1.54, 1.807) is 12.1 Å². The van der Waals surface area contributed by atoms with E-state index >= 15 is 0 Å².